The van der Waals surface area contributed by atoms with E-state index in [4.69, 9.17) is 55.9 Å². The quantitative estimate of drug-likeness (QED) is 0.411. The molecule has 0 amide bonds. The molecule has 34 heavy (non-hydrogen) atoms. The summed E-state index contributed by atoms with van der Waals surface area (Å²) < 4.78 is 16.6. The van der Waals surface area contributed by atoms with Gasteiger partial charge in [-0.25, -0.2) is 23.5 Å². The molecule has 0 unspecified atom stereocenters. The predicted molar refractivity (Wildman–Crippen MR) is 126 cm³/mol. The van der Waals surface area contributed by atoms with Gasteiger partial charge in [0.25, 0.3) is 0 Å². The summed E-state index contributed by atoms with van der Waals surface area (Å²) in [6.45, 7) is 0.664. The van der Waals surface area contributed by atoms with Crippen molar-refractivity contribution in [2.45, 2.75) is 27.6 Å². The van der Waals surface area contributed by atoms with Crippen molar-refractivity contribution in [1.29, 1.82) is 0 Å². The first-order chi connectivity index (χ1) is 16.3. The second-order valence-electron chi connectivity index (χ2n) is 9.86. The molecule has 4 bridgehead atoms. The number of nitrogens with zero attached hydrogens (tertiary/aromatic N) is 3. The number of hydrogen-bond acceptors (Lipinski definition) is 4. The zero-order chi connectivity index (χ0) is 23.4. The van der Waals surface area contributed by atoms with Gasteiger partial charge in [-0.15, -0.1) is 23.2 Å². The second kappa shape index (κ2) is 6.07. The van der Waals surface area contributed by atoms with E-state index in [1.165, 1.54) is 4.57 Å². The van der Waals surface area contributed by atoms with Gasteiger partial charge >= 0.3 is 11.4 Å². The maximum Gasteiger partial charge on any atom is 0.352 e. The minimum absolute atomic E-state index is 0.0787. The molecule has 8 atom stereocenters. The summed E-state index contributed by atoms with van der Waals surface area (Å²) in [7, 11) is 0. The lowest BCUT2D eigenvalue weighted by molar-refractivity contribution is -0.172. The summed E-state index contributed by atoms with van der Waals surface area (Å²) in [6, 6.07) is 8.18. The molecule has 7 aliphatic rings. The van der Waals surface area contributed by atoms with E-state index in [-0.39, 0.29) is 57.2 Å². The van der Waals surface area contributed by atoms with Gasteiger partial charge in [-0.05, 0) is 35.8 Å². The van der Waals surface area contributed by atoms with E-state index in [0.717, 1.165) is 0 Å². The van der Waals surface area contributed by atoms with Crippen LogP contribution in [0.4, 0.5) is 0 Å². The van der Waals surface area contributed by atoms with Gasteiger partial charge in [0, 0.05) is 0 Å². The molecule has 3 fully saturated rings. The molecule has 2 aromatic rings. The molecule has 1 aromatic carbocycles. The number of fused-ring (bicyclic) bond motifs is 3. The maximum atomic E-state index is 13.6. The number of para-hydroxylation sites is 1. The molecule has 0 radical (unpaired) electrons. The molecule has 1 spiro atoms. The third-order valence-electron chi connectivity index (χ3n) is 8.94. The Bertz CT molecular complexity index is 1390. The lowest BCUT2D eigenvalue weighted by Crippen LogP contribution is -2.66. The predicted octanol–water partition coefficient (Wildman–Crippen LogP) is 3.36. The normalized spacial score (nSPS) is 43.9. The molecule has 7 nitrogen and oxygen atoms in total. The average Bonchev–Trinajstić information content (AvgIpc) is 3.49. The van der Waals surface area contributed by atoms with Crippen LogP contribution in [0.2, 0.25) is 0 Å². The minimum atomic E-state index is -1.38. The van der Waals surface area contributed by atoms with E-state index in [1.807, 2.05) is 18.2 Å². The van der Waals surface area contributed by atoms with E-state index in [1.54, 1.807) is 33.6 Å². The number of halogens is 4. The van der Waals surface area contributed by atoms with Crippen molar-refractivity contribution < 1.29 is 9.47 Å². The largest absolute Gasteiger partial charge is 0.352 e. The van der Waals surface area contributed by atoms with E-state index in [0.29, 0.717) is 18.9 Å². The third kappa shape index (κ3) is 1.77. The summed E-state index contributed by atoms with van der Waals surface area (Å²) in [5, 5.41) is 0.508. The zero-order valence-electron chi connectivity index (χ0n) is 17.4. The van der Waals surface area contributed by atoms with Gasteiger partial charge < -0.3 is 9.47 Å². The van der Waals surface area contributed by atoms with Crippen LogP contribution in [0.25, 0.3) is 5.69 Å². The molecule has 3 aliphatic heterocycles. The van der Waals surface area contributed by atoms with E-state index in [9.17, 15) is 9.59 Å². The highest BCUT2D eigenvalue weighted by atomic mass is 35.5. The molecule has 0 N–H and O–H groups in total. The Labute approximate surface area is 213 Å². The van der Waals surface area contributed by atoms with E-state index < -0.39 is 15.5 Å². The van der Waals surface area contributed by atoms with Crippen LogP contribution < -0.4 is 11.4 Å². The topological polar surface area (TPSA) is 67.4 Å². The number of alkyl halides is 2. The van der Waals surface area contributed by atoms with Crippen LogP contribution in [0.15, 0.2) is 62.1 Å². The van der Waals surface area contributed by atoms with Crippen LogP contribution in [0.5, 0.6) is 0 Å². The van der Waals surface area contributed by atoms with Gasteiger partial charge in [-0.1, -0.05) is 53.6 Å². The number of ether oxygens (including phenoxy) is 2. The Morgan fingerprint density at radius 1 is 0.794 bits per heavy atom. The molecule has 4 heterocycles. The van der Waals surface area contributed by atoms with E-state index >= 15 is 0 Å². The smallest absolute Gasteiger partial charge is 0.344 e. The van der Waals surface area contributed by atoms with Crippen molar-refractivity contribution in [3.63, 3.8) is 0 Å². The average molecular weight is 541 g/mol. The van der Waals surface area contributed by atoms with Crippen LogP contribution in [0, 0.1) is 23.7 Å². The van der Waals surface area contributed by atoms with Crippen LogP contribution in [-0.4, -0.2) is 42.7 Å². The number of hydrogen-bond donors (Lipinski definition) is 0. The van der Waals surface area contributed by atoms with Gasteiger partial charge in [0.05, 0.1) is 41.0 Å². The molecular formula is C23H17Cl4N3O4. The molecule has 11 heteroatoms. The Morgan fingerprint density at radius 3 is 1.74 bits per heavy atom. The number of allylic oxidation sites excluding steroid dienone is 2. The lowest BCUT2D eigenvalue weighted by atomic mass is 9.46. The second-order valence-corrected chi connectivity index (χ2v) is 11.8. The van der Waals surface area contributed by atoms with Crippen molar-refractivity contribution in [3.8, 4) is 5.69 Å². The summed E-state index contributed by atoms with van der Waals surface area (Å²) in [4.78, 5) is 24.6. The first kappa shape index (κ1) is 20.7. The highest BCUT2D eigenvalue weighted by Gasteiger charge is 2.92. The standard InChI is InChI=1S/C23H17Cl4N3O4/c24-17-18(25)22(27)16-14-12-7-6-11(13(14)15(16)21(17,26)23(22)33-8-9-34-23)29-19(31)28(20(32)30(12)29)10-4-2-1-3-5-10/h1-7,11-16H,8-9H2/t11-,12-,13+,14+,15+,16+,21+,22+/m0/s1. The molecule has 1 aromatic heterocycles. The lowest BCUT2D eigenvalue weighted by Gasteiger charge is -2.63. The Kier molecular flexibility index (Phi) is 3.70. The molecule has 2 saturated carbocycles. The third-order valence-corrected chi connectivity index (χ3v) is 11.6. The molecule has 1 saturated heterocycles. The van der Waals surface area contributed by atoms with Gasteiger partial charge in [-0.3, -0.25) is 0 Å². The maximum absolute atomic E-state index is 13.6. The number of benzene rings is 1. The van der Waals surface area contributed by atoms with Crippen molar-refractivity contribution in [1.82, 2.24) is 13.9 Å². The SMILES string of the molecule is O=c1n(-c2ccccc2)c(=O)n2n1[C@H]1C=C[C@H]2[C@@H]2[C@@H]1[C@@H]1[C@@H]2[C@@]2(Cl)C(Cl)=C(Cl)[C@@]1(Cl)C21OCCO1. The summed E-state index contributed by atoms with van der Waals surface area (Å²) >= 11 is 28.2. The number of rotatable bonds is 1. The van der Waals surface area contributed by atoms with Crippen molar-refractivity contribution in [2.75, 3.05) is 13.2 Å². The van der Waals surface area contributed by atoms with Crippen molar-refractivity contribution in [2.24, 2.45) is 23.7 Å². The number of aromatic nitrogens is 3. The van der Waals surface area contributed by atoms with Crippen LogP contribution in [0.3, 0.4) is 0 Å². The van der Waals surface area contributed by atoms with Gasteiger partial charge in [0.15, 0.2) is 0 Å². The van der Waals surface area contributed by atoms with Crippen molar-refractivity contribution >= 4 is 46.4 Å². The summed E-state index contributed by atoms with van der Waals surface area (Å²) in [5.41, 5.74) is -0.235. The van der Waals surface area contributed by atoms with Crippen LogP contribution >= 0.6 is 46.4 Å². The first-order valence-corrected chi connectivity index (χ1v) is 12.7. The van der Waals surface area contributed by atoms with Gasteiger partial charge in [0.1, 0.15) is 9.75 Å². The minimum Gasteiger partial charge on any atom is -0.344 e. The summed E-state index contributed by atoms with van der Waals surface area (Å²) in [5.74, 6) is -2.01. The first-order valence-electron chi connectivity index (χ1n) is 11.2. The Balaban J connectivity index is 1.35. The summed E-state index contributed by atoms with van der Waals surface area (Å²) in [6.07, 6.45) is 3.99. The molecule has 176 valence electrons. The van der Waals surface area contributed by atoms with Crippen LogP contribution in [-0.2, 0) is 9.47 Å². The molecule has 9 rings (SSSR count). The fraction of sp³-hybridized carbons (Fsp3) is 0.478. The van der Waals surface area contributed by atoms with Gasteiger partial charge in [0.2, 0.25) is 5.79 Å². The molecule has 4 aliphatic carbocycles. The fourth-order valence-electron chi connectivity index (χ4n) is 7.94. The van der Waals surface area contributed by atoms with Crippen LogP contribution in [0.1, 0.15) is 12.1 Å². The Hall–Kier alpha value is -1.48. The fourth-order valence-corrected chi connectivity index (χ4v) is 10.2. The Morgan fingerprint density at radius 2 is 1.26 bits per heavy atom. The monoisotopic (exact) mass is 539 g/mol. The van der Waals surface area contributed by atoms with Crippen molar-refractivity contribution in [3.05, 3.63) is 73.5 Å². The van der Waals surface area contributed by atoms with E-state index in [2.05, 4.69) is 0 Å². The van der Waals surface area contributed by atoms with Gasteiger partial charge in [-0.2, -0.15) is 0 Å². The zero-order valence-corrected chi connectivity index (χ0v) is 20.4. The highest BCUT2D eigenvalue weighted by molar-refractivity contribution is 6.52. The highest BCUT2D eigenvalue weighted by Crippen LogP contribution is 2.84. The molecular weight excluding hydrogens is 524 g/mol.